The first-order valence-corrected chi connectivity index (χ1v) is 39.4. The molecular formula is C75H142N2O21. The first-order valence-electron chi connectivity index (χ1n) is 39.4. The van der Waals surface area contributed by atoms with Crippen LogP contribution in [-0.4, -0.2) is 215 Å². The molecule has 23 heteroatoms. The second kappa shape index (κ2) is 55.3. The van der Waals surface area contributed by atoms with Crippen LogP contribution in [0, 0.1) is 0 Å². The Morgan fingerprint density at radius 2 is 0.888 bits per heavy atom. The molecule has 23 nitrogen and oxygen atoms in total. The van der Waals surface area contributed by atoms with E-state index in [-0.39, 0.29) is 18.9 Å². The van der Waals surface area contributed by atoms with Crippen molar-refractivity contribution in [3.63, 3.8) is 0 Å². The molecule has 0 aromatic heterocycles. The lowest BCUT2D eigenvalue weighted by atomic mass is 9.88. The van der Waals surface area contributed by atoms with E-state index in [0.29, 0.717) is 19.3 Å². The van der Waals surface area contributed by atoms with Crippen molar-refractivity contribution >= 4 is 17.8 Å². The van der Waals surface area contributed by atoms with Gasteiger partial charge in [0.15, 0.2) is 12.6 Å². The Hall–Kier alpha value is -2.27. The van der Waals surface area contributed by atoms with E-state index in [0.717, 1.165) is 51.9 Å². The highest BCUT2D eigenvalue weighted by Gasteiger charge is 2.60. The zero-order valence-electron chi connectivity index (χ0n) is 60.9. The summed E-state index contributed by atoms with van der Waals surface area (Å²) in [7, 11) is 0. The van der Waals surface area contributed by atoms with E-state index >= 15 is 0 Å². The Balaban J connectivity index is 1.48. The van der Waals surface area contributed by atoms with Crippen LogP contribution in [0.4, 0.5) is 0 Å². The number of carboxylic acid groups (broad SMARTS) is 1. The third-order valence-electron chi connectivity index (χ3n) is 20.3. The predicted molar refractivity (Wildman–Crippen MR) is 375 cm³/mol. The summed E-state index contributed by atoms with van der Waals surface area (Å²) in [5.74, 6) is -6.09. The molecule has 14 N–H and O–H groups in total. The van der Waals surface area contributed by atoms with Gasteiger partial charge < -0.3 is 100 Å². The summed E-state index contributed by atoms with van der Waals surface area (Å²) < 4.78 is 34.9. The van der Waals surface area contributed by atoms with Crippen LogP contribution in [-0.2, 0) is 42.8 Å². The van der Waals surface area contributed by atoms with Crippen LogP contribution in [0.15, 0.2) is 0 Å². The second-order valence-corrected chi connectivity index (χ2v) is 28.9. The lowest BCUT2D eigenvalue weighted by Crippen LogP contribution is -2.70. The normalized spacial score (nSPS) is 27.2. The third kappa shape index (κ3) is 36.0. The topological polar surface area (TPSA) is 373 Å². The van der Waals surface area contributed by atoms with Gasteiger partial charge in [-0.25, -0.2) is 4.79 Å². The average molecular weight is 1410 g/mol. The van der Waals surface area contributed by atoms with Gasteiger partial charge in [-0.05, 0) is 12.8 Å². The number of ether oxygens (including phenoxy) is 6. The number of aliphatic hydroxyl groups is 11. The van der Waals surface area contributed by atoms with E-state index in [4.69, 9.17) is 28.4 Å². The Morgan fingerprint density at radius 1 is 0.490 bits per heavy atom. The van der Waals surface area contributed by atoms with Crippen molar-refractivity contribution in [2.24, 2.45) is 0 Å². The molecule has 3 heterocycles. The molecule has 18 atom stereocenters. The molecular weight excluding hydrogens is 1260 g/mol. The largest absolute Gasteiger partial charge is 0.477 e. The molecule has 3 saturated heterocycles. The lowest BCUT2D eigenvalue weighted by Gasteiger charge is -2.50. The summed E-state index contributed by atoms with van der Waals surface area (Å²) in [5, 5.41) is 136. The maximum atomic E-state index is 13.5. The molecule has 3 fully saturated rings. The Labute approximate surface area is 589 Å². The van der Waals surface area contributed by atoms with Crippen LogP contribution in [0.1, 0.15) is 323 Å². The fraction of sp³-hybridized carbons (Fsp3) is 0.960. The smallest absolute Gasteiger partial charge is 0.364 e. The van der Waals surface area contributed by atoms with Gasteiger partial charge in [-0.1, -0.05) is 290 Å². The lowest BCUT2D eigenvalue weighted by molar-refractivity contribution is -0.386. The van der Waals surface area contributed by atoms with Gasteiger partial charge >= 0.3 is 5.97 Å². The Bertz CT molecular complexity index is 1970. The minimum absolute atomic E-state index is 0.230. The van der Waals surface area contributed by atoms with E-state index in [1.54, 1.807) is 0 Å². The van der Waals surface area contributed by atoms with E-state index in [1.165, 1.54) is 225 Å². The summed E-state index contributed by atoms with van der Waals surface area (Å²) in [6.45, 7) is 2.25. The van der Waals surface area contributed by atoms with Crippen LogP contribution in [0.5, 0.6) is 0 Å². The molecule has 0 aromatic rings. The van der Waals surface area contributed by atoms with Gasteiger partial charge in [0.25, 0.3) is 5.79 Å². The highest BCUT2D eigenvalue weighted by molar-refractivity contribution is 5.77. The van der Waals surface area contributed by atoms with Crippen LogP contribution in [0.25, 0.3) is 0 Å². The number of unbranched alkanes of at least 4 members (excludes halogenated alkanes) is 42. The number of hydrogen-bond donors (Lipinski definition) is 14. The summed E-state index contributed by atoms with van der Waals surface area (Å²) in [6.07, 6.45) is 26.8. The molecule has 0 radical (unpaired) electrons. The zero-order valence-corrected chi connectivity index (χ0v) is 60.9. The summed E-state index contributed by atoms with van der Waals surface area (Å²) >= 11 is 0. The first-order chi connectivity index (χ1) is 47.4. The van der Waals surface area contributed by atoms with Crippen LogP contribution < -0.4 is 10.6 Å². The number of aliphatic hydroxyl groups excluding tert-OH is 11. The molecule has 0 aliphatic carbocycles. The van der Waals surface area contributed by atoms with E-state index < -0.39 is 148 Å². The fourth-order valence-electron chi connectivity index (χ4n) is 14.1. The van der Waals surface area contributed by atoms with Gasteiger partial charge in [0.05, 0.1) is 50.7 Å². The number of rotatable bonds is 62. The summed E-state index contributed by atoms with van der Waals surface area (Å²) in [4.78, 5) is 38.7. The minimum Gasteiger partial charge on any atom is -0.477 e. The Kier molecular flexibility index (Phi) is 50.7. The summed E-state index contributed by atoms with van der Waals surface area (Å²) in [5.41, 5.74) is 0. The maximum Gasteiger partial charge on any atom is 0.364 e. The monoisotopic (exact) mass is 1410 g/mol. The highest BCUT2D eigenvalue weighted by Crippen LogP contribution is 2.39. The van der Waals surface area contributed by atoms with Crippen molar-refractivity contribution < 1.29 is 104 Å². The molecule has 0 spiro atoms. The Morgan fingerprint density at radius 3 is 1.28 bits per heavy atom. The summed E-state index contributed by atoms with van der Waals surface area (Å²) in [6, 6.07) is -2.52. The van der Waals surface area contributed by atoms with Crippen molar-refractivity contribution in [3.05, 3.63) is 0 Å². The van der Waals surface area contributed by atoms with Crippen molar-refractivity contribution in [2.45, 2.75) is 432 Å². The number of hydrogen-bond acceptors (Lipinski definition) is 20. The molecule has 0 aromatic carbocycles. The van der Waals surface area contributed by atoms with Gasteiger partial charge in [-0.3, -0.25) is 9.59 Å². The van der Waals surface area contributed by atoms with Crippen LogP contribution >= 0.6 is 0 Å². The maximum absolute atomic E-state index is 13.5. The van der Waals surface area contributed by atoms with Gasteiger partial charge in [-0.15, -0.1) is 0 Å². The predicted octanol–water partition coefficient (Wildman–Crippen LogP) is 9.63. The van der Waals surface area contributed by atoms with Crippen molar-refractivity contribution in [1.82, 2.24) is 10.6 Å². The third-order valence-corrected chi connectivity index (χ3v) is 20.3. The molecule has 0 bridgehead atoms. The van der Waals surface area contributed by atoms with E-state index in [9.17, 15) is 75.7 Å². The van der Waals surface area contributed by atoms with Gasteiger partial charge in [0.2, 0.25) is 11.8 Å². The van der Waals surface area contributed by atoms with Crippen LogP contribution in [0.2, 0.25) is 0 Å². The number of amides is 2. The van der Waals surface area contributed by atoms with Crippen molar-refractivity contribution in [1.29, 1.82) is 0 Å². The molecule has 2 amide bonds. The standard InChI is InChI=1S/C75H142N2O21/c1-4-6-8-10-12-14-16-18-20-21-22-23-24-25-26-27-28-29-30-31-32-33-35-37-39-41-43-45-47-49-62(85)77-56(57(82)48-46-44-42-40-38-36-34-19-17-15-13-11-9-7-5-2)54-93-72-67(89)66(88)69(61(53-80)95-72)96-73-68(90)71(65(87)60(52-79)94-73)98-75(74(91)92)50-58(83)63(76-55(3)81)70(97-75)64(86)59(84)51-78/h56-61,63-73,78-80,82-84,86-90H,4-54H2,1-3H3,(H,76,81)(H,77,85)(H,91,92). The number of carbonyl (C=O) groups is 3. The molecule has 3 aliphatic heterocycles. The number of carbonyl (C=O) groups excluding carboxylic acids is 2. The second-order valence-electron chi connectivity index (χ2n) is 28.9. The molecule has 578 valence electrons. The number of carboxylic acids is 1. The molecule has 98 heavy (non-hydrogen) atoms. The van der Waals surface area contributed by atoms with Gasteiger partial charge in [0, 0.05) is 19.8 Å². The minimum atomic E-state index is -3.08. The fourth-order valence-corrected chi connectivity index (χ4v) is 14.1. The van der Waals surface area contributed by atoms with Gasteiger partial charge in [-0.2, -0.15) is 0 Å². The molecule has 18 unspecified atom stereocenters. The van der Waals surface area contributed by atoms with Crippen molar-refractivity contribution in [3.8, 4) is 0 Å². The molecule has 3 aliphatic rings. The SMILES string of the molecule is CCCCCCCCCCCCCCCCCCCCCCCCCCCCCCCC(=O)NC(COC1OC(CO)C(OC2OC(CO)C(O)C(OC3(C(=O)O)CC(O)C(NC(C)=O)C(C(O)C(O)CO)O3)C2O)C(O)C1O)C(O)CCCCCCCCCCCCCCCCC. The van der Waals surface area contributed by atoms with Gasteiger partial charge in [0.1, 0.15) is 67.1 Å². The average Bonchev–Trinajstić information content (AvgIpc) is 0.756. The highest BCUT2D eigenvalue weighted by atomic mass is 16.8. The first kappa shape index (κ1) is 89.9. The zero-order chi connectivity index (χ0) is 71.8. The van der Waals surface area contributed by atoms with E-state index in [1.807, 2.05) is 0 Å². The quantitative estimate of drug-likeness (QED) is 0.0252. The molecule has 3 rings (SSSR count). The van der Waals surface area contributed by atoms with Crippen molar-refractivity contribution in [2.75, 3.05) is 26.4 Å². The molecule has 0 saturated carbocycles. The number of nitrogens with one attached hydrogen (secondary N) is 2. The van der Waals surface area contributed by atoms with Crippen LogP contribution in [0.3, 0.4) is 0 Å². The van der Waals surface area contributed by atoms with E-state index in [2.05, 4.69) is 24.5 Å². The number of aliphatic carboxylic acids is 1.